The van der Waals surface area contributed by atoms with Crippen LogP contribution < -0.4 is 5.73 Å². The van der Waals surface area contributed by atoms with Crippen LogP contribution in [0.25, 0.3) is 0 Å². The number of rotatable bonds is 5. The Morgan fingerprint density at radius 1 is 1.44 bits per heavy atom. The molecule has 0 amide bonds. The van der Waals surface area contributed by atoms with Gasteiger partial charge >= 0.3 is 0 Å². The van der Waals surface area contributed by atoms with Crippen molar-refractivity contribution >= 4 is 0 Å². The highest BCUT2D eigenvalue weighted by molar-refractivity contribution is 5.11. The Kier molecular flexibility index (Phi) is 4.86. The Balaban J connectivity index is 2.92. The van der Waals surface area contributed by atoms with Gasteiger partial charge in [-0.25, -0.2) is 0 Å². The van der Waals surface area contributed by atoms with Crippen LogP contribution in [0.15, 0.2) is 24.4 Å². The van der Waals surface area contributed by atoms with Crippen molar-refractivity contribution in [3.63, 3.8) is 0 Å². The quantitative estimate of drug-likeness (QED) is 0.774. The number of nitrogens with zero attached hydrogens (tertiary/aromatic N) is 2. The first kappa shape index (κ1) is 13.1. The van der Waals surface area contributed by atoms with Crippen LogP contribution in [0.5, 0.6) is 0 Å². The molecule has 1 aromatic heterocycles. The Morgan fingerprint density at radius 3 is 2.56 bits per heavy atom. The molecule has 0 bridgehead atoms. The molecule has 1 heterocycles. The van der Waals surface area contributed by atoms with Crippen LogP contribution >= 0.6 is 0 Å². The van der Waals surface area contributed by atoms with Crippen molar-refractivity contribution in [3.8, 4) is 0 Å². The van der Waals surface area contributed by atoms with E-state index in [4.69, 9.17) is 5.73 Å². The van der Waals surface area contributed by atoms with E-state index in [1.54, 1.807) is 6.20 Å². The van der Waals surface area contributed by atoms with E-state index < -0.39 is 0 Å². The summed E-state index contributed by atoms with van der Waals surface area (Å²) in [5, 5.41) is 9.18. The fourth-order valence-corrected chi connectivity index (χ4v) is 1.80. The highest BCUT2D eigenvalue weighted by atomic mass is 16.3. The molecule has 0 aromatic carbocycles. The van der Waals surface area contributed by atoms with Gasteiger partial charge in [-0.1, -0.05) is 6.07 Å². The van der Waals surface area contributed by atoms with Gasteiger partial charge in [0.05, 0.1) is 18.3 Å². The molecule has 3 N–H and O–H groups in total. The minimum Gasteiger partial charge on any atom is -0.395 e. The predicted molar refractivity (Wildman–Crippen MR) is 64.9 cm³/mol. The highest BCUT2D eigenvalue weighted by Gasteiger charge is 2.25. The summed E-state index contributed by atoms with van der Waals surface area (Å²) < 4.78 is 0. The van der Waals surface area contributed by atoms with Crippen LogP contribution in [0, 0.1) is 0 Å². The van der Waals surface area contributed by atoms with Crippen molar-refractivity contribution in [3.05, 3.63) is 30.1 Å². The van der Waals surface area contributed by atoms with E-state index in [0.717, 1.165) is 5.69 Å². The maximum absolute atomic E-state index is 9.18. The normalized spacial score (nSPS) is 17.1. The molecule has 0 aliphatic rings. The third-order valence-electron chi connectivity index (χ3n) is 2.89. The molecule has 3 atom stereocenters. The zero-order valence-corrected chi connectivity index (χ0v) is 10.2. The SMILES string of the molecule is CC(N)C(c1ccccn1)N(C)C(C)CO. The first-order valence-electron chi connectivity index (χ1n) is 5.57. The Labute approximate surface area is 97.1 Å². The summed E-state index contributed by atoms with van der Waals surface area (Å²) in [5.41, 5.74) is 6.94. The summed E-state index contributed by atoms with van der Waals surface area (Å²) in [6.07, 6.45) is 1.77. The number of hydrogen-bond donors (Lipinski definition) is 2. The van der Waals surface area contributed by atoms with E-state index in [0.29, 0.717) is 0 Å². The fraction of sp³-hybridized carbons (Fsp3) is 0.583. The summed E-state index contributed by atoms with van der Waals surface area (Å²) in [5.74, 6) is 0. The number of pyridine rings is 1. The van der Waals surface area contributed by atoms with Crippen molar-refractivity contribution in [1.82, 2.24) is 9.88 Å². The lowest BCUT2D eigenvalue weighted by atomic mass is 10.0. The van der Waals surface area contributed by atoms with Gasteiger partial charge in [-0.15, -0.1) is 0 Å². The zero-order chi connectivity index (χ0) is 12.1. The van der Waals surface area contributed by atoms with Gasteiger partial charge in [0.25, 0.3) is 0 Å². The molecule has 0 fully saturated rings. The number of nitrogens with two attached hydrogens (primary N) is 1. The van der Waals surface area contributed by atoms with Crippen molar-refractivity contribution in [2.24, 2.45) is 5.73 Å². The Hall–Kier alpha value is -0.970. The average Bonchev–Trinajstić information content (AvgIpc) is 2.29. The largest absolute Gasteiger partial charge is 0.395 e. The molecule has 4 nitrogen and oxygen atoms in total. The van der Waals surface area contributed by atoms with Gasteiger partial charge in [0.2, 0.25) is 0 Å². The van der Waals surface area contributed by atoms with E-state index in [2.05, 4.69) is 9.88 Å². The summed E-state index contributed by atoms with van der Waals surface area (Å²) in [4.78, 5) is 6.40. The second-order valence-corrected chi connectivity index (χ2v) is 4.26. The van der Waals surface area contributed by atoms with E-state index >= 15 is 0 Å². The standard InChI is InChI=1S/C12H21N3O/c1-9(8-16)15(3)12(10(2)13)11-6-4-5-7-14-11/h4-7,9-10,12,16H,8,13H2,1-3H3. The second kappa shape index (κ2) is 5.94. The lowest BCUT2D eigenvalue weighted by Gasteiger charge is -2.34. The van der Waals surface area contributed by atoms with Crippen LogP contribution in [0.1, 0.15) is 25.6 Å². The third kappa shape index (κ3) is 3.01. The van der Waals surface area contributed by atoms with Gasteiger partial charge in [0, 0.05) is 18.3 Å². The first-order chi connectivity index (χ1) is 7.57. The van der Waals surface area contributed by atoms with Crippen LogP contribution in [0.3, 0.4) is 0 Å². The van der Waals surface area contributed by atoms with Crippen molar-refractivity contribution in [1.29, 1.82) is 0 Å². The summed E-state index contributed by atoms with van der Waals surface area (Å²) in [7, 11) is 1.96. The minimum absolute atomic E-state index is 0.0309. The van der Waals surface area contributed by atoms with E-state index in [1.807, 2.05) is 39.1 Å². The summed E-state index contributed by atoms with van der Waals surface area (Å²) in [6, 6.07) is 5.87. The first-order valence-corrected chi connectivity index (χ1v) is 5.57. The third-order valence-corrected chi connectivity index (χ3v) is 2.89. The molecule has 0 spiro atoms. The molecule has 0 radical (unpaired) electrons. The molecule has 1 aromatic rings. The Morgan fingerprint density at radius 2 is 2.12 bits per heavy atom. The van der Waals surface area contributed by atoms with Gasteiger partial charge in [-0.3, -0.25) is 9.88 Å². The number of likely N-dealkylation sites (N-methyl/N-ethyl adjacent to an activating group) is 1. The lowest BCUT2D eigenvalue weighted by Crippen LogP contribution is -2.43. The second-order valence-electron chi connectivity index (χ2n) is 4.26. The van der Waals surface area contributed by atoms with Crippen molar-refractivity contribution < 1.29 is 5.11 Å². The number of aliphatic hydroxyl groups excluding tert-OH is 1. The molecule has 4 heteroatoms. The molecule has 3 unspecified atom stereocenters. The summed E-state index contributed by atoms with van der Waals surface area (Å²) >= 11 is 0. The molecule has 0 aliphatic carbocycles. The fourth-order valence-electron chi connectivity index (χ4n) is 1.80. The van der Waals surface area contributed by atoms with Gasteiger partial charge in [-0.05, 0) is 33.0 Å². The predicted octanol–water partition coefficient (Wildman–Crippen LogP) is 0.783. The molecule has 90 valence electrons. The van der Waals surface area contributed by atoms with Crippen molar-refractivity contribution in [2.75, 3.05) is 13.7 Å². The monoisotopic (exact) mass is 223 g/mol. The average molecular weight is 223 g/mol. The van der Waals surface area contributed by atoms with Crippen molar-refractivity contribution in [2.45, 2.75) is 32.0 Å². The van der Waals surface area contributed by atoms with Gasteiger partial charge in [0.15, 0.2) is 0 Å². The minimum atomic E-state index is -0.0334. The molecular weight excluding hydrogens is 202 g/mol. The van der Waals surface area contributed by atoms with Gasteiger partial charge in [0.1, 0.15) is 0 Å². The Bertz CT molecular complexity index is 302. The summed E-state index contributed by atoms with van der Waals surface area (Å²) in [6.45, 7) is 4.05. The maximum atomic E-state index is 9.18. The molecule has 16 heavy (non-hydrogen) atoms. The lowest BCUT2D eigenvalue weighted by molar-refractivity contribution is 0.107. The molecule has 1 rings (SSSR count). The number of hydrogen-bond acceptors (Lipinski definition) is 4. The molecular formula is C12H21N3O. The molecule has 0 aliphatic heterocycles. The maximum Gasteiger partial charge on any atom is 0.0671 e. The molecule has 0 saturated carbocycles. The van der Waals surface area contributed by atoms with Crippen LogP contribution in [0.2, 0.25) is 0 Å². The number of aromatic nitrogens is 1. The van der Waals surface area contributed by atoms with Crippen LogP contribution in [-0.2, 0) is 0 Å². The number of aliphatic hydroxyl groups is 1. The van der Waals surface area contributed by atoms with E-state index in [9.17, 15) is 5.11 Å². The van der Waals surface area contributed by atoms with Gasteiger partial charge < -0.3 is 10.8 Å². The smallest absolute Gasteiger partial charge is 0.0671 e. The molecule has 0 saturated heterocycles. The van der Waals surface area contributed by atoms with Crippen LogP contribution in [-0.4, -0.2) is 40.7 Å². The highest BCUT2D eigenvalue weighted by Crippen LogP contribution is 2.21. The van der Waals surface area contributed by atoms with E-state index in [-0.39, 0.29) is 24.7 Å². The van der Waals surface area contributed by atoms with E-state index in [1.165, 1.54) is 0 Å². The zero-order valence-electron chi connectivity index (χ0n) is 10.2. The van der Waals surface area contributed by atoms with Gasteiger partial charge in [-0.2, -0.15) is 0 Å². The topological polar surface area (TPSA) is 62.4 Å². The van der Waals surface area contributed by atoms with Crippen LogP contribution in [0.4, 0.5) is 0 Å².